The number of benzene rings is 4. The fraction of sp³-hybridized carbons (Fsp3) is 0.171. The monoisotopic (exact) mass is 530 g/mol. The highest BCUT2D eigenvalue weighted by Crippen LogP contribution is 2.42. The van der Waals surface area contributed by atoms with Gasteiger partial charge in [-0.05, 0) is 75.6 Å². The molecule has 0 heterocycles. The number of rotatable bonds is 6. The van der Waals surface area contributed by atoms with Gasteiger partial charge in [-0.15, -0.1) is 0 Å². The van der Waals surface area contributed by atoms with Gasteiger partial charge in [0.15, 0.2) is 0 Å². The first-order valence-electron chi connectivity index (χ1n) is 13.1. The summed E-state index contributed by atoms with van der Waals surface area (Å²) in [6.45, 7) is 4.88. The van der Waals surface area contributed by atoms with Crippen LogP contribution in [0.4, 0.5) is 0 Å². The van der Waals surface area contributed by atoms with Gasteiger partial charge in [0.25, 0.3) is 0 Å². The molecule has 4 aromatic rings. The van der Waals surface area contributed by atoms with E-state index in [4.69, 9.17) is 9.84 Å². The summed E-state index contributed by atoms with van der Waals surface area (Å²) in [5.41, 5.74) is 6.34. The fourth-order valence-electron chi connectivity index (χ4n) is 4.85. The topological polar surface area (TPSA) is 87.0 Å². The number of allylic oxidation sites excluding steroid dienone is 1. The van der Waals surface area contributed by atoms with Crippen LogP contribution in [0.1, 0.15) is 70.1 Å². The number of carbonyl (C=O) groups is 1. The number of carboxylic acids is 1. The number of hydrogen-bond acceptors (Lipinski definition) is 4. The van der Waals surface area contributed by atoms with Gasteiger partial charge < -0.3 is 20.1 Å². The lowest BCUT2D eigenvalue weighted by molar-refractivity contribution is 0.0696. The standard InChI is InChI=1S/C35H30O5/c1-35(2)19-18-29(24-10-14-28(15-11-24)40-22-23-6-4-3-5-7-23)30-16-12-26(20-31(30)35)32(36)17-13-25-8-9-27(34(38)39)21-33(25)37/h3-12,14-16,18,20-21,32,36-37H,19,22H2,1-2H3,(H,38,39). The fourth-order valence-corrected chi connectivity index (χ4v) is 4.85. The number of phenols is 1. The Balaban J connectivity index is 1.36. The van der Waals surface area contributed by atoms with Gasteiger partial charge in [0, 0.05) is 0 Å². The molecule has 0 saturated heterocycles. The minimum Gasteiger partial charge on any atom is -0.507 e. The van der Waals surface area contributed by atoms with Crippen molar-refractivity contribution in [2.45, 2.75) is 38.4 Å². The van der Waals surface area contributed by atoms with E-state index in [-0.39, 0.29) is 22.3 Å². The average molecular weight is 531 g/mol. The highest BCUT2D eigenvalue weighted by Gasteiger charge is 2.29. The van der Waals surface area contributed by atoms with E-state index < -0.39 is 12.1 Å². The molecule has 5 rings (SSSR count). The van der Waals surface area contributed by atoms with E-state index in [2.05, 4.69) is 43.9 Å². The number of ether oxygens (including phenoxy) is 1. The molecule has 200 valence electrons. The lowest BCUT2D eigenvalue weighted by Gasteiger charge is -2.33. The van der Waals surface area contributed by atoms with E-state index in [0.29, 0.717) is 12.2 Å². The van der Waals surface area contributed by atoms with Crippen molar-refractivity contribution in [3.05, 3.63) is 136 Å². The van der Waals surface area contributed by atoms with Crippen LogP contribution in [-0.4, -0.2) is 21.3 Å². The molecule has 3 N–H and O–H groups in total. The van der Waals surface area contributed by atoms with Crippen molar-refractivity contribution < 1.29 is 24.9 Å². The molecule has 0 aromatic heterocycles. The van der Waals surface area contributed by atoms with Gasteiger partial charge in [0.05, 0.1) is 11.1 Å². The molecule has 0 aliphatic heterocycles. The van der Waals surface area contributed by atoms with Crippen LogP contribution in [0.2, 0.25) is 0 Å². The second-order valence-corrected chi connectivity index (χ2v) is 10.5. The Labute approximate surface area is 234 Å². The third-order valence-corrected chi connectivity index (χ3v) is 7.20. The molecule has 0 fully saturated rings. The van der Waals surface area contributed by atoms with Crippen molar-refractivity contribution in [2.75, 3.05) is 0 Å². The van der Waals surface area contributed by atoms with Crippen LogP contribution in [0.3, 0.4) is 0 Å². The summed E-state index contributed by atoms with van der Waals surface area (Å²) in [5, 5.41) is 30.1. The van der Waals surface area contributed by atoms with Crippen molar-refractivity contribution in [1.29, 1.82) is 0 Å². The normalized spacial score (nSPS) is 14.2. The molecule has 1 aliphatic rings. The Hall–Kier alpha value is -4.79. The van der Waals surface area contributed by atoms with E-state index in [0.717, 1.165) is 46.1 Å². The first kappa shape index (κ1) is 26.8. The molecule has 40 heavy (non-hydrogen) atoms. The summed E-state index contributed by atoms with van der Waals surface area (Å²) in [5.74, 6) is 4.99. The van der Waals surface area contributed by atoms with Crippen molar-refractivity contribution in [3.8, 4) is 23.3 Å². The summed E-state index contributed by atoms with van der Waals surface area (Å²) >= 11 is 0. The number of phenolic OH excluding ortho intramolecular Hbond substituents is 1. The minimum absolute atomic E-state index is 0.0290. The predicted molar refractivity (Wildman–Crippen MR) is 155 cm³/mol. The van der Waals surface area contributed by atoms with E-state index in [1.54, 1.807) is 0 Å². The van der Waals surface area contributed by atoms with Crippen LogP contribution in [0, 0.1) is 11.8 Å². The van der Waals surface area contributed by atoms with Gasteiger partial charge in [0.1, 0.15) is 24.2 Å². The lowest BCUT2D eigenvalue weighted by Crippen LogP contribution is -2.22. The van der Waals surface area contributed by atoms with Gasteiger partial charge in [0.2, 0.25) is 0 Å². The van der Waals surface area contributed by atoms with Crippen molar-refractivity contribution >= 4 is 11.5 Å². The van der Waals surface area contributed by atoms with Crippen LogP contribution >= 0.6 is 0 Å². The minimum atomic E-state index is -1.13. The summed E-state index contributed by atoms with van der Waals surface area (Å²) in [6.07, 6.45) is 2.04. The predicted octanol–water partition coefficient (Wildman–Crippen LogP) is 6.87. The number of aromatic carboxylic acids is 1. The molecule has 0 amide bonds. The molecule has 0 bridgehead atoms. The largest absolute Gasteiger partial charge is 0.507 e. The quantitative estimate of drug-likeness (QED) is 0.237. The maximum atomic E-state index is 11.1. The Kier molecular flexibility index (Phi) is 7.46. The Bertz CT molecular complexity index is 1640. The number of hydrogen-bond donors (Lipinski definition) is 3. The van der Waals surface area contributed by atoms with Crippen molar-refractivity contribution in [3.63, 3.8) is 0 Å². The third-order valence-electron chi connectivity index (χ3n) is 7.20. The average Bonchev–Trinajstić information content (AvgIpc) is 2.96. The molecule has 0 spiro atoms. The summed E-state index contributed by atoms with van der Waals surface area (Å²) in [7, 11) is 0. The molecule has 1 unspecified atom stereocenters. The molecular weight excluding hydrogens is 500 g/mol. The Morgan fingerprint density at radius 1 is 0.975 bits per heavy atom. The van der Waals surface area contributed by atoms with E-state index in [1.165, 1.54) is 12.1 Å². The Morgan fingerprint density at radius 3 is 2.42 bits per heavy atom. The van der Waals surface area contributed by atoms with Crippen molar-refractivity contribution in [1.82, 2.24) is 0 Å². The number of aliphatic hydroxyl groups excluding tert-OH is 1. The second kappa shape index (κ2) is 11.1. The molecule has 0 radical (unpaired) electrons. The molecule has 1 atom stereocenters. The molecule has 1 aliphatic carbocycles. The van der Waals surface area contributed by atoms with E-state index >= 15 is 0 Å². The molecule has 5 nitrogen and oxygen atoms in total. The van der Waals surface area contributed by atoms with Crippen LogP contribution in [0.5, 0.6) is 11.5 Å². The van der Waals surface area contributed by atoms with Gasteiger partial charge >= 0.3 is 5.97 Å². The number of carboxylic acid groups (broad SMARTS) is 1. The maximum absolute atomic E-state index is 11.1. The first-order chi connectivity index (χ1) is 19.2. The lowest BCUT2D eigenvalue weighted by atomic mass is 9.71. The van der Waals surface area contributed by atoms with E-state index in [9.17, 15) is 15.0 Å². The van der Waals surface area contributed by atoms with Crippen LogP contribution in [-0.2, 0) is 12.0 Å². The number of fused-ring (bicyclic) bond motifs is 1. The molecule has 5 heteroatoms. The van der Waals surface area contributed by atoms with Gasteiger partial charge in [-0.3, -0.25) is 0 Å². The molecule has 0 saturated carbocycles. The summed E-state index contributed by atoms with van der Waals surface area (Å²) in [6, 6.07) is 28.1. The maximum Gasteiger partial charge on any atom is 0.335 e. The number of aromatic hydroxyl groups is 1. The zero-order chi connectivity index (χ0) is 28.3. The highest BCUT2D eigenvalue weighted by atomic mass is 16.5. The van der Waals surface area contributed by atoms with Crippen LogP contribution in [0.25, 0.3) is 5.57 Å². The van der Waals surface area contributed by atoms with Crippen LogP contribution < -0.4 is 4.74 Å². The highest BCUT2D eigenvalue weighted by molar-refractivity contribution is 5.88. The summed E-state index contributed by atoms with van der Waals surface area (Å²) < 4.78 is 5.96. The van der Waals surface area contributed by atoms with Gasteiger partial charge in [-0.1, -0.05) is 92.4 Å². The van der Waals surface area contributed by atoms with E-state index in [1.807, 2.05) is 60.7 Å². The zero-order valence-corrected chi connectivity index (χ0v) is 22.4. The molecular formula is C35H30O5. The van der Waals surface area contributed by atoms with Gasteiger partial charge in [-0.25, -0.2) is 4.79 Å². The van der Waals surface area contributed by atoms with Crippen molar-refractivity contribution in [2.24, 2.45) is 0 Å². The first-order valence-corrected chi connectivity index (χ1v) is 13.1. The SMILES string of the molecule is CC1(C)CC=C(c2ccc(OCc3ccccc3)cc2)c2ccc(C(O)C#Cc3ccc(C(=O)O)cc3O)cc21. The smallest absolute Gasteiger partial charge is 0.335 e. The third kappa shape index (κ3) is 5.78. The summed E-state index contributed by atoms with van der Waals surface area (Å²) in [4.78, 5) is 11.1. The Morgan fingerprint density at radius 2 is 1.73 bits per heavy atom. The second-order valence-electron chi connectivity index (χ2n) is 10.5. The zero-order valence-electron chi connectivity index (χ0n) is 22.4. The number of aliphatic hydroxyl groups is 1. The van der Waals surface area contributed by atoms with Crippen LogP contribution in [0.15, 0.2) is 97.1 Å². The molecule has 4 aromatic carbocycles. The van der Waals surface area contributed by atoms with Gasteiger partial charge in [-0.2, -0.15) is 0 Å².